The van der Waals surface area contributed by atoms with Crippen LogP contribution in [0.4, 0.5) is 5.69 Å². The maximum absolute atomic E-state index is 10.2. The average molecular weight is 188 g/mol. The van der Waals surface area contributed by atoms with Gasteiger partial charge in [0.05, 0.1) is 0 Å². The van der Waals surface area contributed by atoms with Gasteiger partial charge in [-0.3, -0.25) is 4.55 Å². The Labute approximate surface area is 70.3 Å². The molecule has 0 radical (unpaired) electrons. The third-order valence-electron chi connectivity index (χ3n) is 1.10. The van der Waals surface area contributed by atoms with E-state index in [0.29, 0.717) is 5.69 Å². The number of hydrogen-bond acceptors (Lipinski definition) is 3. The van der Waals surface area contributed by atoms with Gasteiger partial charge in [0.25, 0.3) is 0 Å². The van der Waals surface area contributed by atoms with Crippen LogP contribution in [0.1, 0.15) is 0 Å². The van der Waals surface area contributed by atoms with Crippen molar-refractivity contribution in [2.24, 2.45) is 0 Å². The van der Waals surface area contributed by atoms with Crippen LogP contribution in [0.15, 0.2) is 30.3 Å². The molecular weight excluding hydrogens is 180 g/mol. The van der Waals surface area contributed by atoms with Gasteiger partial charge in [-0.25, -0.2) is 0 Å². The van der Waals surface area contributed by atoms with E-state index in [9.17, 15) is 8.42 Å². The molecule has 6 heteroatoms. The minimum absolute atomic E-state index is 0.551. The van der Waals surface area contributed by atoms with E-state index in [1.807, 2.05) is 0 Å². The normalized spacial score (nSPS) is 11.1. The van der Waals surface area contributed by atoms with E-state index in [1.165, 1.54) is 0 Å². The molecule has 0 saturated heterocycles. The number of hydrogen-bond donors (Lipinski definition) is 3. The van der Waals surface area contributed by atoms with Crippen molar-refractivity contribution in [3.8, 4) is 0 Å². The van der Waals surface area contributed by atoms with Crippen molar-refractivity contribution >= 4 is 16.0 Å². The van der Waals surface area contributed by atoms with Crippen LogP contribution in [0.3, 0.4) is 0 Å². The standard InChI is InChI=1S/C6H8N2O3S/c9-12(10,11)8-7-6-4-2-1-3-5-6/h1-5,7-8H,(H,9,10,11). The van der Waals surface area contributed by atoms with Crippen LogP contribution in [-0.4, -0.2) is 13.0 Å². The van der Waals surface area contributed by atoms with Crippen LogP contribution < -0.4 is 10.3 Å². The molecule has 0 aliphatic carbocycles. The molecular formula is C6H8N2O3S. The Morgan fingerprint density at radius 1 is 1.17 bits per heavy atom. The predicted octanol–water partition coefficient (Wildman–Crippen LogP) is 0.406. The molecule has 1 aromatic carbocycles. The maximum atomic E-state index is 10.2. The first-order chi connectivity index (χ1) is 5.58. The zero-order chi connectivity index (χ0) is 9.03. The minimum atomic E-state index is -4.18. The molecule has 0 aliphatic rings. The smallest absolute Gasteiger partial charge is 0.306 e. The number of nitrogens with one attached hydrogen (secondary N) is 2. The van der Waals surface area contributed by atoms with Crippen molar-refractivity contribution in [2.75, 3.05) is 5.43 Å². The summed E-state index contributed by atoms with van der Waals surface area (Å²) in [6.45, 7) is 0. The maximum Gasteiger partial charge on any atom is 0.350 e. The van der Waals surface area contributed by atoms with E-state index in [1.54, 1.807) is 35.2 Å². The molecule has 0 heterocycles. The lowest BCUT2D eigenvalue weighted by Crippen LogP contribution is -2.28. The molecule has 0 unspecified atom stereocenters. The largest absolute Gasteiger partial charge is 0.350 e. The minimum Gasteiger partial charge on any atom is -0.306 e. The predicted molar refractivity (Wildman–Crippen MR) is 44.7 cm³/mol. The van der Waals surface area contributed by atoms with E-state index in [0.717, 1.165) is 0 Å². The molecule has 0 bridgehead atoms. The topological polar surface area (TPSA) is 78.4 Å². The molecule has 3 N–H and O–H groups in total. The van der Waals surface area contributed by atoms with Gasteiger partial charge in [-0.05, 0) is 12.1 Å². The van der Waals surface area contributed by atoms with Gasteiger partial charge in [0, 0.05) is 5.69 Å². The van der Waals surface area contributed by atoms with Gasteiger partial charge in [-0.1, -0.05) is 18.2 Å². The summed E-state index contributed by atoms with van der Waals surface area (Å²) >= 11 is 0. The second kappa shape index (κ2) is 3.53. The zero-order valence-electron chi connectivity index (χ0n) is 6.06. The first kappa shape index (κ1) is 8.98. The molecule has 5 nitrogen and oxygen atoms in total. The second-order valence-corrected chi connectivity index (χ2v) is 3.22. The molecule has 0 aromatic heterocycles. The second-order valence-electron chi connectivity index (χ2n) is 2.07. The van der Waals surface area contributed by atoms with E-state index in [4.69, 9.17) is 4.55 Å². The Kier molecular flexibility index (Phi) is 2.64. The fourth-order valence-electron chi connectivity index (χ4n) is 0.645. The Morgan fingerprint density at radius 2 is 1.75 bits per heavy atom. The van der Waals surface area contributed by atoms with Crippen molar-refractivity contribution in [3.05, 3.63) is 30.3 Å². The molecule has 0 spiro atoms. The van der Waals surface area contributed by atoms with Crippen LogP contribution in [0, 0.1) is 0 Å². The van der Waals surface area contributed by atoms with E-state index in [2.05, 4.69) is 5.43 Å². The molecule has 1 rings (SSSR count). The highest BCUT2D eigenvalue weighted by Gasteiger charge is 1.99. The van der Waals surface area contributed by atoms with Crippen LogP contribution in [0.2, 0.25) is 0 Å². The van der Waals surface area contributed by atoms with Crippen molar-refractivity contribution in [1.29, 1.82) is 0 Å². The van der Waals surface area contributed by atoms with Crippen molar-refractivity contribution < 1.29 is 13.0 Å². The Morgan fingerprint density at radius 3 is 2.25 bits per heavy atom. The third kappa shape index (κ3) is 3.33. The highest BCUT2D eigenvalue weighted by Crippen LogP contribution is 2.02. The highest BCUT2D eigenvalue weighted by molar-refractivity contribution is 7.83. The van der Waals surface area contributed by atoms with Crippen LogP contribution in [-0.2, 0) is 10.3 Å². The average Bonchev–Trinajstić information content (AvgIpc) is 2.02. The summed E-state index contributed by atoms with van der Waals surface area (Å²) in [5, 5.41) is 0. The number of benzene rings is 1. The molecule has 66 valence electrons. The molecule has 0 aliphatic heterocycles. The van der Waals surface area contributed by atoms with Gasteiger partial charge in [-0.2, -0.15) is 8.42 Å². The highest BCUT2D eigenvalue weighted by atomic mass is 32.2. The van der Waals surface area contributed by atoms with Gasteiger partial charge in [0.2, 0.25) is 0 Å². The van der Waals surface area contributed by atoms with E-state index < -0.39 is 10.3 Å². The summed E-state index contributed by atoms with van der Waals surface area (Å²) in [7, 11) is -4.18. The molecule has 0 atom stereocenters. The first-order valence-electron chi connectivity index (χ1n) is 3.13. The van der Waals surface area contributed by atoms with Crippen LogP contribution in [0.25, 0.3) is 0 Å². The van der Waals surface area contributed by atoms with Crippen LogP contribution >= 0.6 is 0 Å². The molecule has 1 aromatic rings. The first-order valence-corrected chi connectivity index (χ1v) is 4.57. The lowest BCUT2D eigenvalue weighted by molar-refractivity contribution is 0.473. The lowest BCUT2D eigenvalue weighted by Gasteiger charge is -2.03. The Hall–Kier alpha value is -1.11. The van der Waals surface area contributed by atoms with E-state index >= 15 is 0 Å². The molecule has 0 fully saturated rings. The quantitative estimate of drug-likeness (QED) is 0.474. The molecule has 0 saturated carbocycles. The van der Waals surface area contributed by atoms with Crippen molar-refractivity contribution in [1.82, 2.24) is 4.83 Å². The van der Waals surface area contributed by atoms with Gasteiger partial charge < -0.3 is 5.43 Å². The lowest BCUT2D eigenvalue weighted by atomic mass is 10.3. The third-order valence-corrected chi connectivity index (χ3v) is 1.46. The van der Waals surface area contributed by atoms with Crippen molar-refractivity contribution in [3.63, 3.8) is 0 Å². The summed E-state index contributed by atoms with van der Waals surface area (Å²) in [6.07, 6.45) is 0. The summed E-state index contributed by atoms with van der Waals surface area (Å²) in [6, 6.07) is 8.55. The fourth-order valence-corrected chi connectivity index (χ4v) is 0.892. The number of para-hydroxylation sites is 1. The zero-order valence-corrected chi connectivity index (χ0v) is 6.88. The summed E-state index contributed by atoms with van der Waals surface area (Å²) in [5.41, 5.74) is 2.85. The molecule has 0 amide bonds. The molecule has 12 heavy (non-hydrogen) atoms. The number of hydrazine groups is 1. The number of rotatable bonds is 3. The van der Waals surface area contributed by atoms with Gasteiger partial charge >= 0.3 is 10.3 Å². The van der Waals surface area contributed by atoms with Gasteiger partial charge in [0.15, 0.2) is 0 Å². The summed E-state index contributed by atoms with van der Waals surface area (Å²) < 4.78 is 28.7. The van der Waals surface area contributed by atoms with Crippen LogP contribution in [0.5, 0.6) is 0 Å². The fraction of sp³-hybridized carbons (Fsp3) is 0. The van der Waals surface area contributed by atoms with E-state index in [-0.39, 0.29) is 0 Å². The summed E-state index contributed by atoms with van der Waals surface area (Å²) in [5.74, 6) is 0. The van der Waals surface area contributed by atoms with Crippen molar-refractivity contribution in [2.45, 2.75) is 0 Å². The van der Waals surface area contributed by atoms with Gasteiger partial charge in [0.1, 0.15) is 0 Å². The Balaban J connectivity index is 2.56. The summed E-state index contributed by atoms with van der Waals surface area (Å²) in [4.78, 5) is 1.72. The monoisotopic (exact) mass is 188 g/mol. The number of anilines is 1. The SMILES string of the molecule is O=S(=O)(O)NNc1ccccc1. The van der Waals surface area contributed by atoms with Gasteiger partial charge in [-0.15, -0.1) is 4.83 Å². The Bertz CT molecular complexity index is 335.